The van der Waals surface area contributed by atoms with Gasteiger partial charge in [0, 0.05) is 22.9 Å². The zero-order chi connectivity index (χ0) is 23.5. The van der Waals surface area contributed by atoms with Gasteiger partial charge in [0.1, 0.15) is 18.1 Å². The van der Waals surface area contributed by atoms with Gasteiger partial charge in [-0.1, -0.05) is 52.3 Å². The molecule has 0 heterocycles. The van der Waals surface area contributed by atoms with Gasteiger partial charge in [-0.2, -0.15) is 5.10 Å². The molecule has 7 nitrogen and oxygen atoms in total. The number of para-hydroxylation sites is 3. The Morgan fingerprint density at radius 3 is 2.33 bits per heavy atom. The van der Waals surface area contributed by atoms with E-state index in [2.05, 4.69) is 31.8 Å². The summed E-state index contributed by atoms with van der Waals surface area (Å²) in [6.07, 6.45) is 1.54. The molecular weight excluding hydrogens is 486 g/mol. The molecule has 0 fully saturated rings. The number of hydrazone groups is 1. The molecule has 0 aliphatic carbocycles. The van der Waals surface area contributed by atoms with Crippen molar-refractivity contribution in [3.8, 4) is 11.5 Å². The number of methoxy groups -OCH3 is 1. The van der Waals surface area contributed by atoms with E-state index in [1.807, 2.05) is 54.6 Å². The zero-order valence-corrected chi connectivity index (χ0v) is 19.7. The van der Waals surface area contributed by atoms with E-state index < -0.39 is 0 Å². The molecule has 3 aromatic carbocycles. The average molecular weight is 510 g/mol. The van der Waals surface area contributed by atoms with Crippen molar-refractivity contribution < 1.29 is 19.1 Å². The number of anilines is 1. The Balaban J connectivity index is 1.47. The summed E-state index contributed by atoms with van der Waals surface area (Å²) in [6.45, 7) is 0.409. The summed E-state index contributed by atoms with van der Waals surface area (Å²) in [5.41, 5.74) is 4.76. The maximum absolute atomic E-state index is 12.1. The molecule has 2 N–H and O–H groups in total. The van der Waals surface area contributed by atoms with Crippen LogP contribution in [0.3, 0.4) is 0 Å². The number of halogens is 1. The van der Waals surface area contributed by atoms with Crippen LogP contribution in [0.2, 0.25) is 0 Å². The number of carbonyl (C=O) groups is 2. The van der Waals surface area contributed by atoms with E-state index in [1.165, 1.54) is 13.3 Å². The number of benzene rings is 3. The normalized spacial score (nSPS) is 10.6. The highest BCUT2D eigenvalue weighted by molar-refractivity contribution is 9.10. The smallest absolute Gasteiger partial charge is 0.240 e. The van der Waals surface area contributed by atoms with Crippen LogP contribution in [-0.4, -0.2) is 25.1 Å². The van der Waals surface area contributed by atoms with Crippen molar-refractivity contribution in [3.05, 3.63) is 88.4 Å². The second kappa shape index (κ2) is 12.4. The number of hydrogen-bond acceptors (Lipinski definition) is 5. The third kappa shape index (κ3) is 7.76. The van der Waals surface area contributed by atoms with E-state index >= 15 is 0 Å². The van der Waals surface area contributed by atoms with Crippen LogP contribution in [0.5, 0.6) is 11.5 Å². The molecule has 170 valence electrons. The highest BCUT2D eigenvalue weighted by Gasteiger charge is 2.09. The van der Waals surface area contributed by atoms with Crippen LogP contribution in [0.15, 0.2) is 82.4 Å². The Labute approximate surface area is 200 Å². The fourth-order valence-corrected chi connectivity index (χ4v) is 3.14. The molecule has 3 aromatic rings. The van der Waals surface area contributed by atoms with Gasteiger partial charge in [0.15, 0.2) is 0 Å². The van der Waals surface area contributed by atoms with Gasteiger partial charge < -0.3 is 14.8 Å². The highest BCUT2D eigenvalue weighted by atomic mass is 79.9. The van der Waals surface area contributed by atoms with Gasteiger partial charge >= 0.3 is 0 Å². The topological polar surface area (TPSA) is 89.0 Å². The van der Waals surface area contributed by atoms with Gasteiger partial charge in [0.2, 0.25) is 11.8 Å². The van der Waals surface area contributed by atoms with Gasteiger partial charge in [-0.05, 0) is 42.0 Å². The molecule has 0 aliphatic heterocycles. The molecule has 0 aromatic heterocycles. The van der Waals surface area contributed by atoms with Gasteiger partial charge in [0.25, 0.3) is 0 Å². The molecule has 0 saturated heterocycles. The van der Waals surface area contributed by atoms with Crippen molar-refractivity contribution in [2.45, 2.75) is 19.4 Å². The second-order valence-electron chi connectivity index (χ2n) is 6.99. The Bertz CT molecular complexity index is 1120. The van der Waals surface area contributed by atoms with Gasteiger partial charge in [-0.15, -0.1) is 0 Å². The minimum Gasteiger partial charge on any atom is -0.495 e. The lowest BCUT2D eigenvalue weighted by Crippen LogP contribution is -2.20. The molecular formula is C25H24BrN3O4. The van der Waals surface area contributed by atoms with Gasteiger partial charge in [-0.25, -0.2) is 5.43 Å². The number of amides is 2. The number of nitrogens with one attached hydrogen (secondary N) is 2. The predicted molar refractivity (Wildman–Crippen MR) is 132 cm³/mol. The first-order chi connectivity index (χ1) is 16.0. The standard InChI is InChI=1S/C25H24BrN3O4/c1-32-23-9-5-3-7-21(23)28-24(30)14-15-25(31)29-27-16-19-6-2-4-8-22(19)33-17-18-10-12-20(26)13-11-18/h2-13,16H,14-15,17H2,1H3,(H,28,30)(H,29,31)/b27-16+. The van der Waals surface area contributed by atoms with E-state index in [9.17, 15) is 9.59 Å². The molecule has 0 unspecified atom stereocenters. The van der Waals surface area contributed by atoms with Gasteiger partial charge in [-0.3, -0.25) is 9.59 Å². The van der Waals surface area contributed by atoms with Crippen LogP contribution in [0.25, 0.3) is 0 Å². The van der Waals surface area contributed by atoms with Crippen LogP contribution in [0.1, 0.15) is 24.0 Å². The SMILES string of the molecule is COc1ccccc1NC(=O)CCC(=O)N/N=C/c1ccccc1OCc1ccc(Br)cc1. The molecule has 33 heavy (non-hydrogen) atoms. The number of nitrogens with zero attached hydrogens (tertiary/aromatic N) is 1. The lowest BCUT2D eigenvalue weighted by Gasteiger charge is -2.09. The first-order valence-corrected chi connectivity index (χ1v) is 11.1. The Hall–Kier alpha value is -3.65. The summed E-state index contributed by atoms with van der Waals surface area (Å²) >= 11 is 3.41. The number of carbonyl (C=O) groups excluding carboxylic acids is 2. The molecule has 0 spiro atoms. The number of ether oxygens (including phenoxy) is 2. The van der Waals surface area contributed by atoms with E-state index in [0.717, 1.165) is 15.6 Å². The third-order valence-electron chi connectivity index (χ3n) is 4.58. The van der Waals surface area contributed by atoms with E-state index in [-0.39, 0.29) is 24.7 Å². The van der Waals surface area contributed by atoms with Crippen LogP contribution < -0.4 is 20.2 Å². The third-order valence-corrected chi connectivity index (χ3v) is 5.11. The minimum absolute atomic E-state index is 0.0000357. The maximum Gasteiger partial charge on any atom is 0.240 e. The Kier molecular flexibility index (Phi) is 9.02. The monoisotopic (exact) mass is 509 g/mol. The van der Waals surface area contributed by atoms with Crippen molar-refractivity contribution in [2.75, 3.05) is 12.4 Å². The molecule has 3 rings (SSSR count). The molecule has 8 heteroatoms. The quantitative estimate of drug-likeness (QED) is 0.300. The summed E-state index contributed by atoms with van der Waals surface area (Å²) < 4.78 is 12.1. The van der Waals surface area contributed by atoms with Crippen molar-refractivity contribution in [1.82, 2.24) is 5.43 Å². The van der Waals surface area contributed by atoms with Crippen LogP contribution in [0, 0.1) is 0 Å². The second-order valence-corrected chi connectivity index (χ2v) is 7.91. The number of rotatable bonds is 10. The van der Waals surface area contributed by atoms with Crippen LogP contribution in [0.4, 0.5) is 5.69 Å². The Morgan fingerprint density at radius 1 is 0.909 bits per heavy atom. The van der Waals surface area contributed by atoms with E-state index in [1.54, 1.807) is 18.2 Å². The van der Waals surface area contributed by atoms with Gasteiger partial charge in [0.05, 0.1) is 19.0 Å². The maximum atomic E-state index is 12.1. The summed E-state index contributed by atoms with van der Waals surface area (Å²) in [6, 6.07) is 22.4. The van der Waals surface area contributed by atoms with Crippen molar-refractivity contribution in [3.63, 3.8) is 0 Å². The van der Waals surface area contributed by atoms with Crippen molar-refractivity contribution in [2.24, 2.45) is 5.10 Å². The lowest BCUT2D eigenvalue weighted by molar-refractivity contribution is -0.124. The molecule has 2 amide bonds. The fourth-order valence-electron chi connectivity index (χ4n) is 2.88. The average Bonchev–Trinajstić information content (AvgIpc) is 2.83. The van der Waals surface area contributed by atoms with E-state index in [0.29, 0.717) is 23.8 Å². The largest absolute Gasteiger partial charge is 0.495 e. The molecule has 0 saturated carbocycles. The van der Waals surface area contributed by atoms with Crippen molar-refractivity contribution in [1.29, 1.82) is 0 Å². The molecule has 0 atom stereocenters. The summed E-state index contributed by atoms with van der Waals surface area (Å²) in [4.78, 5) is 24.2. The van der Waals surface area contributed by atoms with E-state index in [4.69, 9.17) is 9.47 Å². The van der Waals surface area contributed by atoms with Crippen LogP contribution in [-0.2, 0) is 16.2 Å². The summed E-state index contributed by atoms with van der Waals surface area (Å²) in [5.74, 6) is 0.551. The molecule has 0 radical (unpaired) electrons. The first-order valence-electron chi connectivity index (χ1n) is 10.3. The summed E-state index contributed by atoms with van der Waals surface area (Å²) in [5, 5.41) is 6.73. The zero-order valence-electron chi connectivity index (χ0n) is 18.1. The highest BCUT2D eigenvalue weighted by Crippen LogP contribution is 2.23. The number of hydrogen-bond donors (Lipinski definition) is 2. The van der Waals surface area contributed by atoms with Crippen molar-refractivity contribution >= 4 is 39.6 Å². The van der Waals surface area contributed by atoms with Crippen LogP contribution >= 0.6 is 15.9 Å². The molecule has 0 aliphatic rings. The lowest BCUT2D eigenvalue weighted by atomic mass is 10.2. The molecule has 0 bridgehead atoms. The fraction of sp³-hybridized carbons (Fsp3) is 0.160. The Morgan fingerprint density at radius 2 is 1.58 bits per heavy atom. The minimum atomic E-state index is -0.366. The first kappa shape index (κ1) is 24.0. The predicted octanol–water partition coefficient (Wildman–Crippen LogP) is 4.91. The summed E-state index contributed by atoms with van der Waals surface area (Å²) in [7, 11) is 1.53.